The molecule has 0 aromatic heterocycles. The van der Waals surface area contributed by atoms with Crippen molar-refractivity contribution >= 4 is 21.6 Å². The third kappa shape index (κ3) is 4.06. The average Bonchev–Trinajstić information content (AvgIpc) is 2.45. The van der Waals surface area contributed by atoms with E-state index >= 15 is 0 Å². The zero-order valence-electron chi connectivity index (χ0n) is 11.5. The quantitative estimate of drug-likeness (QED) is 0.859. The van der Waals surface area contributed by atoms with Gasteiger partial charge in [-0.2, -0.15) is 0 Å². The van der Waals surface area contributed by atoms with Crippen LogP contribution in [0.25, 0.3) is 0 Å². The van der Waals surface area contributed by atoms with E-state index in [0.29, 0.717) is 12.1 Å². The van der Waals surface area contributed by atoms with Crippen LogP contribution in [0.3, 0.4) is 0 Å². The van der Waals surface area contributed by atoms with Crippen LogP contribution in [0.4, 0.5) is 4.39 Å². The van der Waals surface area contributed by atoms with E-state index in [1.807, 2.05) is 0 Å². The maximum Gasteiger partial charge on any atom is 0.175 e. The van der Waals surface area contributed by atoms with Gasteiger partial charge in [-0.15, -0.1) is 11.8 Å². The number of hydrogen-bond donors (Lipinski definition) is 1. The van der Waals surface area contributed by atoms with Crippen molar-refractivity contribution in [3.05, 3.63) is 59.9 Å². The Balaban J connectivity index is 2.22. The second kappa shape index (κ2) is 6.60. The molecule has 6 heteroatoms. The van der Waals surface area contributed by atoms with Gasteiger partial charge in [0.2, 0.25) is 0 Å². The average molecular weight is 325 g/mol. The largest absolute Gasteiger partial charge is 0.329 e. The van der Waals surface area contributed by atoms with Gasteiger partial charge in [-0.05, 0) is 30.3 Å². The van der Waals surface area contributed by atoms with Gasteiger partial charge in [0, 0.05) is 28.5 Å². The van der Waals surface area contributed by atoms with Gasteiger partial charge >= 0.3 is 0 Å². The molecule has 3 nitrogen and oxygen atoms in total. The van der Waals surface area contributed by atoms with E-state index < -0.39 is 9.84 Å². The van der Waals surface area contributed by atoms with Crippen LogP contribution in [0, 0.1) is 5.82 Å². The first-order valence-corrected chi connectivity index (χ1v) is 9.10. The van der Waals surface area contributed by atoms with Gasteiger partial charge in [-0.3, -0.25) is 0 Å². The summed E-state index contributed by atoms with van der Waals surface area (Å²) in [5.74, 6) is -0.284. The van der Waals surface area contributed by atoms with Crippen molar-refractivity contribution in [1.82, 2.24) is 0 Å². The fraction of sp³-hybridized carbons (Fsp3) is 0.200. The summed E-state index contributed by atoms with van der Waals surface area (Å²) in [6.07, 6.45) is 1.16. The molecule has 21 heavy (non-hydrogen) atoms. The Morgan fingerprint density at radius 3 is 2.29 bits per heavy atom. The van der Waals surface area contributed by atoms with Crippen molar-refractivity contribution in [3.63, 3.8) is 0 Å². The van der Waals surface area contributed by atoms with Crippen LogP contribution in [0.2, 0.25) is 0 Å². The van der Waals surface area contributed by atoms with E-state index in [2.05, 4.69) is 0 Å². The summed E-state index contributed by atoms with van der Waals surface area (Å²) in [7, 11) is -3.21. The summed E-state index contributed by atoms with van der Waals surface area (Å²) >= 11 is 1.42. The zero-order valence-corrected chi connectivity index (χ0v) is 13.1. The van der Waals surface area contributed by atoms with Gasteiger partial charge < -0.3 is 5.73 Å². The first-order chi connectivity index (χ1) is 9.91. The number of halogens is 1. The summed E-state index contributed by atoms with van der Waals surface area (Å²) in [4.78, 5) is 1.11. The molecule has 0 bridgehead atoms. The summed E-state index contributed by atoms with van der Waals surface area (Å²) in [5, 5.41) is -0.213. The fourth-order valence-electron chi connectivity index (χ4n) is 1.90. The molecule has 0 radical (unpaired) electrons. The Morgan fingerprint density at radius 2 is 1.76 bits per heavy atom. The fourth-order valence-corrected chi connectivity index (χ4v) is 3.57. The SMILES string of the molecule is CS(=O)(=O)c1ccc(SC(CN)c2ccccc2F)cc1. The normalized spacial score (nSPS) is 13.1. The van der Waals surface area contributed by atoms with Crippen molar-refractivity contribution in [2.24, 2.45) is 5.73 Å². The predicted molar refractivity (Wildman–Crippen MR) is 83.6 cm³/mol. The van der Waals surface area contributed by atoms with E-state index in [-0.39, 0.29) is 16.0 Å². The summed E-state index contributed by atoms with van der Waals surface area (Å²) in [5.41, 5.74) is 6.29. The minimum atomic E-state index is -3.21. The predicted octanol–water partition coefficient (Wildman–Crippen LogP) is 3.02. The third-order valence-electron chi connectivity index (χ3n) is 3.00. The van der Waals surface area contributed by atoms with Gasteiger partial charge in [0.05, 0.1) is 4.90 Å². The van der Waals surface area contributed by atoms with Gasteiger partial charge in [-0.25, -0.2) is 12.8 Å². The molecule has 0 heterocycles. The first kappa shape index (κ1) is 16.0. The van der Waals surface area contributed by atoms with Crippen LogP contribution >= 0.6 is 11.8 Å². The van der Waals surface area contributed by atoms with Crippen LogP contribution in [0.15, 0.2) is 58.3 Å². The highest BCUT2D eigenvalue weighted by Gasteiger charge is 2.15. The Bertz CT molecular complexity index is 715. The first-order valence-electron chi connectivity index (χ1n) is 6.33. The minimum Gasteiger partial charge on any atom is -0.329 e. The molecular weight excluding hydrogens is 309 g/mol. The monoisotopic (exact) mass is 325 g/mol. The number of benzene rings is 2. The molecule has 112 valence electrons. The van der Waals surface area contributed by atoms with Crippen molar-refractivity contribution < 1.29 is 12.8 Å². The minimum absolute atomic E-state index is 0.213. The van der Waals surface area contributed by atoms with Crippen LogP contribution in [0.5, 0.6) is 0 Å². The number of sulfone groups is 1. The Morgan fingerprint density at radius 1 is 1.14 bits per heavy atom. The molecular formula is C15H16FNO2S2. The molecule has 2 N–H and O–H groups in total. The van der Waals surface area contributed by atoms with Gasteiger partial charge in [-0.1, -0.05) is 18.2 Å². The summed E-state index contributed by atoms with van der Waals surface area (Å²) < 4.78 is 36.6. The molecule has 0 aliphatic heterocycles. The summed E-state index contributed by atoms with van der Waals surface area (Å²) in [6.45, 7) is 0.291. The lowest BCUT2D eigenvalue weighted by molar-refractivity contribution is 0.602. The molecule has 0 amide bonds. The summed E-state index contributed by atoms with van der Waals surface area (Å²) in [6, 6.07) is 13.1. The van der Waals surface area contributed by atoms with Crippen LogP contribution in [-0.2, 0) is 9.84 Å². The maximum absolute atomic E-state index is 13.8. The van der Waals surface area contributed by atoms with Crippen LogP contribution in [0.1, 0.15) is 10.8 Å². The van der Waals surface area contributed by atoms with Crippen molar-refractivity contribution in [2.45, 2.75) is 15.0 Å². The lowest BCUT2D eigenvalue weighted by Gasteiger charge is -2.15. The Labute approximate surface area is 128 Å². The highest BCUT2D eigenvalue weighted by atomic mass is 32.2. The maximum atomic E-state index is 13.8. The molecule has 2 rings (SSSR count). The molecule has 2 aromatic rings. The topological polar surface area (TPSA) is 60.2 Å². The molecule has 1 unspecified atom stereocenters. The number of thioether (sulfide) groups is 1. The van der Waals surface area contributed by atoms with Crippen molar-refractivity contribution in [1.29, 1.82) is 0 Å². The molecule has 0 saturated heterocycles. The Hall–Kier alpha value is -1.37. The standard InChI is InChI=1S/C15H16FNO2S2/c1-21(18,19)12-8-6-11(7-9-12)20-15(10-17)13-4-2-3-5-14(13)16/h2-9,15H,10,17H2,1H3. The van der Waals surface area contributed by atoms with Crippen molar-refractivity contribution in [2.75, 3.05) is 12.8 Å². The smallest absolute Gasteiger partial charge is 0.175 e. The molecule has 0 saturated carbocycles. The molecule has 1 atom stereocenters. The third-order valence-corrected chi connectivity index (χ3v) is 5.40. The molecule has 0 aliphatic rings. The number of hydrogen-bond acceptors (Lipinski definition) is 4. The van der Waals surface area contributed by atoms with Crippen LogP contribution in [-0.4, -0.2) is 21.2 Å². The van der Waals surface area contributed by atoms with E-state index in [1.165, 1.54) is 17.8 Å². The molecule has 0 aliphatic carbocycles. The molecule has 2 aromatic carbocycles. The molecule has 0 spiro atoms. The van der Waals surface area contributed by atoms with E-state index in [4.69, 9.17) is 5.73 Å². The second-order valence-electron chi connectivity index (χ2n) is 4.61. The van der Waals surface area contributed by atoms with Crippen LogP contribution < -0.4 is 5.73 Å². The highest BCUT2D eigenvalue weighted by Crippen LogP contribution is 2.35. The lowest BCUT2D eigenvalue weighted by atomic mass is 10.1. The Kier molecular flexibility index (Phi) is 5.03. The number of rotatable bonds is 5. The second-order valence-corrected chi connectivity index (χ2v) is 7.90. The lowest BCUT2D eigenvalue weighted by Crippen LogP contribution is -2.10. The van der Waals surface area contributed by atoms with Gasteiger partial charge in [0.25, 0.3) is 0 Å². The highest BCUT2D eigenvalue weighted by molar-refractivity contribution is 7.99. The van der Waals surface area contributed by atoms with E-state index in [0.717, 1.165) is 11.2 Å². The van der Waals surface area contributed by atoms with E-state index in [9.17, 15) is 12.8 Å². The molecule has 0 fully saturated rings. The van der Waals surface area contributed by atoms with E-state index in [1.54, 1.807) is 42.5 Å². The van der Waals surface area contributed by atoms with Gasteiger partial charge in [0.1, 0.15) is 5.82 Å². The zero-order chi connectivity index (χ0) is 15.5. The van der Waals surface area contributed by atoms with Crippen molar-refractivity contribution in [3.8, 4) is 0 Å². The van der Waals surface area contributed by atoms with Gasteiger partial charge in [0.15, 0.2) is 9.84 Å². The number of nitrogens with two attached hydrogens (primary N) is 1.